The van der Waals surface area contributed by atoms with E-state index in [1.165, 1.54) is 19.2 Å². The zero-order valence-electron chi connectivity index (χ0n) is 11.3. The molecule has 3 N–H and O–H groups in total. The van der Waals surface area contributed by atoms with Gasteiger partial charge in [0.25, 0.3) is 0 Å². The predicted octanol–water partition coefficient (Wildman–Crippen LogP) is 2.49. The molecule has 0 aromatic heterocycles. The third kappa shape index (κ3) is 2.72. The van der Waals surface area contributed by atoms with Crippen LogP contribution in [0, 0.1) is 11.3 Å². The summed E-state index contributed by atoms with van der Waals surface area (Å²) >= 11 is 0. The number of rotatable bonds is 3. The molecule has 0 bridgehead atoms. The maximum Gasteiger partial charge on any atom is 0.324 e. The van der Waals surface area contributed by atoms with Crippen molar-refractivity contribution in [3.05, 3.63) is 48.0 Å². The number of hydrogen-bond donors (Lipinski definition) is 2. The van der Waals surface area contributed by atoms with Gasteiger partial charge in [0.1, 0.15) is 11.8 Å². The number of primary amides is 1. The highest BCUT2D eigenvalue weighted by Crippen LogP contribution is 2.36. The number of anilines is 2. The molecule has 2 amide bonds. The van der Waals surface area contributed by atoms with Crippen LogP contribution < -0.4 is 15.4 Å². The van der Waals surface area contributed by atoms with Crippen molar-refractivity contribution in [2.24, 2.45) is 5.73 Å². The van der Waals surface area contributed by atoms with Gasteiger partial charge in [0.05, 0.1) is 24.0 Å². The Hall–Kier alpha value is -3.20. The number of hydrogen-bond acceptors (Lipinski definition) is 4. The van der Waals surface area contributed by atoms with Crippen LogP contribution in [-0.4, -0.2) is 18.2 Å². The van der Waals surface area contributed by atoms with Gasteiger partial charge in [-0.25, -0.2) is 4.79 Å². The molecule has 6 heteroatoms. The van der Waals surface area contributed by atoms with Gasteiger partial charge in [-0.2, -0.15) is 5.26 Å². The maximum atomic E-state index is 11.8. The Morgan fingerprint density at radius 1 is 1.33 bits per heavy atom. The molecule has 0 saturated heterocycles. The molecule has 6 nitrogen and oxygen atoms in total. The molecule has 0 atom stereocenters. The number of urea groups is 1. The molecule has 0 unspecified atom stereocenters. The normalized spacial score (nSPS) is 9.71. The first kappa shape index (κ1) is 14.2. The monoisotopic (exact) mass is 283 g/mol. The average Bonchev–Trinajstić information content (AvgIpc) is 2.49. The molecule has 2 aromatic rings. The lowest BCUT2D eigenvalue weighted by molar-refractivity contribution is 0.256. The standard InChI is InChI=1S/C15H13N3O3/c1-21-12-6-3-5-11(8-12)18(15(17)20)13-7-2-4-10(9-16)14(13)19/h2-8,19H,1H3,(H2,17,20). The maximum absolute atomic E-state index is 11.8. The smallest absolute Gasteiger partial charge is 0.324 e. The summed E-state index contributed by atoms with van der Waals surface area (Å²) in [7, 11) is 1.50. The number of carbonyl (C=O) groups is 1. The van der Waals surface area contributed by atoms with Crippen molar-refractivity contribution in [1.82, 2.24) is 0 Å². The van der Waals surface area contributed by atoms with E-state index in [0.717, 1.165) is 4.90 Å². The number of aromatic hydroxyl groups is 1. The van der Waals surface area contributed by atoms with Crippen LogP contribution in [0.2, 0.25) is 0 Å². The number of amides is 2. The van der Waals surface area contributed by atoms with E-state index in [2.05, 4.69) is 0 Å². The van der Waals surface area contributed by atoms with Crippen molar-refractivity contribution in [2.45, 2.75) is 0 Å². The zero-order valence-corrected chi connectivity index (χ0v) is 11.3. The number of methoxy groups -OCH3 is 1. The fourth-order valence-electron chi connectivity index (χ4n) is 1.94. The van der Waals surface area contributed by atoms with E-state index in [9.17, 15) is 9.90 Å². The molecule has 2 aromatic carbocycles. The Kier molecular flexibility index (Phi) is 3.95. The lowest BCUT2D eigenvalue weighted by Crippen LogP contribution is -2.31. The van der Waals surface area contributed by atoms with Gasteiger partial charge in [-0.05, 0) is 24.3 Å². The molecule has 0 fully saturated rings. The SMILES string of the molecule is COc1cccc(N(C(N)=O)c2cccc(C#N)c2O)c1. The summed E-state index contributed by atoms with van der Waals surface area (Å²) in [6.45, 7) is 0. The van der Waals surface area contributed by atoms with E-state index in [1.807, 2.05) is 6.07 Å². The van der Waals surface area contributed by atoms with E-state index < -0.39 is 6.03 Å². The van der Waals surface area contributed by atoms with E-state index in [1.54, 1.807) is 30.3 Å². The summed E-state index contributed by atoms with van der Waals surface area (Å²) in [5, 5.41) is 19.0. The van der Waals surface area contributed by atoms with Crippen LogP contribution >= 0.6 is 0 Å². The number of nitrogens with two attached hydrogens (primary N) is 1. The first-order chi connectivity index (χ1) is 10.1. The molecule has 0 radical (unpaired) electrons. The first-order valence-corrected chi connectivity index (χ1v) is 6.04. The molecule has 0 heterocycles. The largest absolute Gasteiger partial charge is 0.504 e. The third-order valence-electron chi connectivity index (χ3n) is 2.91. The van der Waals surface area contributed by atoms with Crippen molar-refractivity contribution >= 4 is 17.4 Å². The minimum Gasteiger partial charge on any atom is -0.504 e. The van der Waals surface area contributed by atoms with Crippen LogP contribution in [0.4, 0.5) is 16.2 Å². The average molecular weight is 283 g/mol. The molecule has 0 aliphatic rings. The fourth-order valence-corrected chi connectivity index (χ4v) is 1.94. The summed E-state index contributed by atoms with van der Waals surface area (Å²) < 4.78 is 5.10. The van der Waals surface area contributed by atoms with Crippen molar-refractivity contribution in [3.63, 3.8) is 0 Å². The highest BCUT2D eigenvalue weighted by atomic mass is 16.5. The Labute approximate surface area is 121 Å². The van der Waals surface area contributed by atoms with Gasteiger partial charge < -0.3 is 15.6 Å². The van der Waals surface area contributed by atoms with Crippen molar-refractivity contribution < 1.29 is 14.6 Å². The number of carbonyl (C=O) groups excluding carboxylic acids is 1. The topological polar surface area (TPSA) is 99.6 Å². The molecule has 0 spiro atoms. The molecule has 0 aliphatic carbocycles. The highest BCUT2D eigenvalue weighted by molar-refractivity contribution is 6.00. The first-order valence-electron chi connectivity index (χ1n) is 6.04. The molecule has 0 saturated carbocycles. The van der Waals surface area contributed by atoms with Gasteiger partial charge in [-0.3, -0.25) is 4.90 Å². The lowest BCUT2D eigenvalue weighted by atomic mass is 10.1. The minimum absolute atomic E-state index is 0.0571. The van der Waals surface area contributed by atoms with Crippen LogP contribution in [0.3, 0.4) is 0 Å². The molecular formula is C15H13N3O3. The summed E-state index contributed by atoms with van der Waals surface area (Å²) in [6.07, 6.45) is 0. The van der Waals surface area contributed by atoms with Crippen LogP contribution in [0.15, 0.2) is 42.5 Å². The predicted molar refractivity (Wildman–Crippen MR) is 77.5 cm³/mol. The number of nitriles is 1. The van der Waals surface area contributed by atoms with Gasteiger partial charge in [0, 0.05) is 6.07 Å². The summed E-state index contributed by atoms with van der Waals surface area (Å²) in [5.41, 5.74) is 6.02. The van der Waals surface area contributed by atoms with Crippen LogP contribution in [0.5, 0.6) is 11.5 Å². The third-order valence-corrected chi connectivity index (χ3v) is 2.91. The molecular weight excluding hydrogens is 270 g/mol. The van der Waals surface area contributed by atoms with Gasteiger partial charge in [-0.15, -0.1) is 0 Å². The van der Waals surface area contributed by atoms with Crippen molar-refractivity contribution in [1.29, 1.82) is 5.26 Å². The van der Waals surface area contributed by atoms with Crippen LogP contribution in [-0.2, 0) is 0 Å². The number of phenols is 1. The number of ether oxygens (including phenoxy) is 1. The Bertz CT molecular complexity index is 722. The molecule has 2 rings (SSSR count). The van der Waals surface area contributed by atoms with Gasteiger partial charge >= 0.3 is 6.03 Å². The number of nitrogens with zero attached hydrogens (tertiary/aromatic N) is 2. The second-order valence-electron chi connectivity index (χ2n) is 4.16. The second kappa shape index (κ2) is 5.84. The lowest BCUT2D eigenvalue weighted by Gasteiger charge is -2.22. The summed E-state index contributed by atoms with van der Waals surface area (Å²) in [4.78, 5) is 12.9. The Morgan fingerprint density at radius 3 is 2.67 bits per heavy atom. The molecule has 21 heavy (non-hydrogen) atoms. The van der Waals surface area contributed by atoms with Gasteiger partial charge in [-0.1, -0.05) is 12.1 Å². The highest BCUT2D eigenvalue weighted by Gasteiger charge is 2.20. The Morgan fingerprint density at radius 2 is 2.05 bits per heavy atom. The van der Waals surface area contributed by atoms with Gasteiger partial charge in [0.15, 0.2) is 5.75 Å². The van der Waals surface area contributed by atoms with E-state index in [0.29, 0.717) is 11.4 Å². The quantitative estimate of drug-likeness (QED) is 0.903. The fraction of sp³-hybridized carbons (Fsp3) is 0.0667. The molecule has 0 aliphatic heterocycles. The van der Waals surface area contributed by atoms with Crippen molar-refractivity contribution in [2.75, 3.05) is 12.0 Å². The van der Waals surface area contributed by atoms with E-state index >= 15 is 0 Å². The molecule has 106 valence electrons. The number of para-hydroxylation sites is 1. The number of benzene rings is 2. The number of phenolic OH excluding ortho intramolecular Hbond substituents is 1. The van der Waals surface area contributed by atoms with Crippen LogP contribution in [0.1, 0.15) is 5.56 Å². The zero-order chi connectivity index (χ0) is 15.4. The summed E-state index contributed by atoms with van der Waals surface area (Å²) in [5.74, 6) is 0.233. The minimum atomic E-state index is -0.784. The van der Waals surface area contributed by atoms with E-state index in [-0.39, 0.29) is 17.0 Å². The Balaban J connectivity index is 2.60. The van der Waals surface area contributed by atoms with E-state index in [4.69, 9.17) is 15.7 Å². The van der Waals surface area contributed by atoms with Crippen LogP contribution in [0.25, 0.3) is 0 Å². The van der Waals surface area contributed by atoms with Gasteiger partial charge in [0.2, 0.25) is 0 Å². The second-order valence-corrected chi connectivity index (χ2v) is 4.16. The van der Waals surface area contributed by atoms with Crippen molar-refractivity contribution in [3.8, 4) is 17.6 Å². The summed E-state index contributed by atoms with van der Waals surface area (Å²) in [6, 6.07) is 12.2.